The molecule has 2 heterocycles. The Kier molecular flexibility index (Phi) is 3.42. The second-order valence-electron chi connectivity index (χ2n) is 4.54. The van der Waals surface area contributed by atoms with Crippen LogP contribution in [0.4, 0.5) is 16.3 Å². The normalized spacial score (nSPS) is 10.3. The standard InChI is InChI=1S/C15H14N4O2/c1-11-10-14(18-21-11)17-15(20)16-12-4-6-13(7-5-12)19-8-2-3-9-19/h2-10H,1H3,(H2,16,17,18,20). The van der Waals surface area contributed by atoms with Gasteiger partial charge in [-0.25, -0.2) is 4.79 Å². The van der Waals surface area contributed by atoms with E-state index in [0.717, 1.165) is 5.69 Å². The highest BCUT2D eigenvalue weighted by molar-refractivity contribution is 5.99. The SMILES string of the molecule is Cc1cc(NC(=O)Nc2ccc(-n3cccc3)cc2)no1. The van der Waals surface area contributed by atoms with Gasteiger partial charge in [-0.1, -0.05) is 5.16 Å². The summed E-state index contributed by atoms with van der Waals surface area (Å²) in [7, 11) is 0. The van der Waals surface area contributed by atoms with E-state index in [1.807, 2.05) is 53.4 Å². The molecule has 3 rings (SSSR count). The Morgan fingerprint density at radius 2 is 1.86 bits per heavy atom. The molecule has 2 amide bonds. The molecule has 2 N–H and O–H groups in total. The highest BCUT2D eigenvalue weighted by atomic mass is 16.5. The summed E-state index contributed by atoms with van der Waals surface area (Å²) in [6.07, 6.45) is 3.92. The van der Waals surface area contributed by atoms with Crippen molar-refractivity contribution in [1.29, 1.82) is 0 Å². The number of rotatable bonds is 3. The van der Waals surface area contributed by atoms with Crippen LogP contribution in [0.15, 0.2) is 59.4 Å². The van der Waals surface area contributed by atoms with Crippen molar-refractivity contribution in [2.24, 2.45) is 0 Å². The summed E-state index contributed by atoms with van der Waals surface area (Å²) < 4.78 is 6.87. The van der Waals surface area contributed by atoms with E-state index in [9.17, 15) is 4.79 Å². The van der Waals surface area contributed by atoms with Crippen LogP contribution in [0.3, 0.4) is 0 Å². The number of nitrogens with one attached hydrogen (secondary N) is 2. The van der Waals surface area contributed by atoms with Gasteiger partial charge < -0.3 is 14.4 Å². The highest BCUT2D eigenvalue weighted by Gasteiger charge is 2.06. The molecule has 106 valence electrons. The van der Waals surface area contributed by atoms with Gasteiger partial charge in [0.1, 0.15) is 5.76 Å². The zero-order valence-corrected chi connectivity index (χ0v) is 11.4. The van der Waals surface area contributed by atoms with Gasteiger partial charge in [0, 0.05) is 29.8 Å². The molecule has 6 nitrogen and oxygen atoms in total. The summed E-state index contributed by atoms with van der Waals surface area (Å²) in [6.45, 7) is 1.76. The zero-order valence-electron chi connectivity index (χ0n) is 11.4. The van der Waals surface area contributed by atoms with E-state index in [1.165, 1.54) is 0 Å². The van der Waals surface area contributed by atoms with Crippen molar-refractivity contribution in [3.63, 3.8) is 0 Å². The topological polar surface area (TPSA) is 72.1 Å². The number of benzene rings is 1. The fraction of sp³-hybridized carbons (Fsp3) is 0.0667. The van der Waals surface area contributed by atoms with Crippen LogP contribution in [0.2, 0.25) is 0 Å². The van der Waals surface area contributed by atoms with E-state index in [2.05, 4.69) is 15.8 Å². The maximum absolute atomic E-state index is 11.8. The third kappa shape index (κ3) is 3.11. The van der Waals surface area contributed by atoms with Crippen molar-refractivity contribution < 1.29 is 9.32 Å². The van der Waals surface area contributed by atoms with Crippen molar-refractivity contribution >= 4 is 17.5 Å². The molecule has 3 aromatic rings. The Balaban J connectivity index is 1.63. The number of urea groups is 1. The van der Waals surface area contributed by atoms with Gasteiger partial charge in [-0.3, -0.25) is 5.32 Å². The Morgan fingerprint density at radius 3 is 2.48 bits per heavy atom. The van der Waals surface area contributed by atoms with Gasteiger partial charge >= 0.3 is 6.03 Å². The Hall–Kier alpha value is -3.02. The lowest BCUT2D eigenvalue weighted by Gasteiger charge is -2.07. The zero-order chi connectivity index (χ0) is 14.7. The largest absolute Gasteiger partial charge is 0.360 e. The van der Waals surface area contributed by atoms with E-state index >= 15 is 0 Å². The molecule has 1 aromatic carbocycles. The number of nitrogens with zero attached hydrogens (tertiary/aromatic N) is 2. The number of aromatic nitrogens is 2. The minimum Gasteiger partial charge on any atom is -0.360 e. The predicted molar refractivity (Wildman–Crippen MR) is 79.7 cm³/mol. The van der Waals surface area contributed by atoms with Gasteiger partial charge in [-0.15, -0.1) is 0 Å². The molecule has 0 saturated heterocycles. The quantitative estimate of drug-likeness (QED) is 0.773. The minimum absolute atomic E-state index is 0.364. The van der Waals surface area contributed by atoms with Crippen molar-refractivity contribution in [1.82, 2.24) is 9.72 Å². The fourth-order valence-corrected chi connectivity index (χ4v) is 1.93. The Bertz CT molecular complexity index is 729. The molecule has 0 atom stereocenters. The molecule has 0 aliphatic rings. The van der Waals surface area contributed by atoms with Gasteiger partial charge in [-0.05, 0) is 43.3 Å². The van der Waals surface area contributed by atoms with E-state index in [0.29, 0.717) is 17.3 Å². The molecule has 0 bridgehead atoms. The first-order valence-electron chi connectivity index (χ1n) is 6.45. The van der Waals surface area contributed by atoms with Crippen LogP contribution in [-0.2, 0) is 0 Å². The van der Waals surface area contributed by atoms with Crippen LogP contribution < -0.4 is 10.6 Å². The summed E-state index contributed by atoms with van der Waals surface area (Å²) in [5.74, 6) is 1.02. The Labute approximate surface area is 121 Å². The smallest absolute Gasteiger partial charge is 0.324 e. The summed E-state index contributed by atoms with van der Waals surface area (Å²) in [6, 6.07) is 12.7. The van der Waals surface area contributed by atoms with Crippen LogP contribution >= 0.6 is 0 Å². The lowest BCUT2D eigenvalue weighted by atomic mass is 10.3. The Morgan fingerprint density at radius 1 is 1.14 bits per heavy atom. The number of hydrogen-bond donors (Lipinski definition) is 2. The predicted octanol–water partition coefficient (Wildman–Crippen LogP) is 3.42. The maximum Gasteiger partial charge on any atom is 0.324 e. The van der Waals surface area contributed by atoms with Gasteiger partial charge in [0.2, 0.25) is 0 Å². The monoisotopic (exact) mass is 282 g/mol. The number of aryl methyl sites for hydroxylation is 1. The minimum atomic E-state index is -0.364. The molecular weight excluding hydrogens is 268 g/mol. The molecule has 0 fully saturated rings. The third-order valence-corrected chi connectivity index (χ3v) is 2.90. The van der Waals surface area contributed by atoms with Crippen LogP contribution in [-0.4, -0.2) is 15.8 Å². The second kappa shape index (κ2) is 5.54. The van der Waals surface area contributed by atoms with Crippen LogP contribution in [0.25, 0.3) is 5.69 Å². The molecule has 0 spiro atoms. The van der Waals surface area contributed by atoms with Crippen LogP contribution in [0.5, 0.6) is 0 Å². The summed E-state index contributed by atoms with van der Waals surface area (Å²) in [5.41, 5.74) is 1.72. The average molecular weight is 282 g/mol. The number of anilines is 2. The first kappa shape index (κ1) is 13.0. The maximum atomic E-state index is 11.8. The van der Waals surface area contributed by atoms with E-state index in [4.69, 9.17) is 4.52 Å². The van der Waals surface area contributed by atoms with Crippen molar-refractivity contribution in [3.05, 3.63) is 60.6 Å². The van der Waals surface area contributed by atoms with Gasteiger partial charge in [0.25, 0.3) is 0 Å². The number of amides is 2. The average Bonchev–Trinajstić information content (AvgIpc) is 3.11. The molecule has 0 radical (unpaired) electrons. The molecule has 0 aliphatic carbocycles. The van der Waals surface area contributed by atoms with E-state index in [1.54, 1.807) is 13.0 Å². The third-order valence-electron chi connectivity index (χ3n) is 2.90. The van der Waals surface area contributed by atoms with Gasteiger partial charge in [0.15, 0.2) is 5.82 Å². The van der Waals surface area contributed by atoms with Crippen molar-refractivity contribution in [3.8, 4) is 5.69 Å². The van der Waals surface area contributed by atoms with E-state index < -0.39 is 0 Å². The summed E-state index contributed by atoms with van der Waals surface area (Å²) in [5, 5.41) is 9.02. The lowest BCUT2D eigenvalue weighted by Crippen LogP contribution is -2.19. The van der Waals surface area contributed by atoms with Crippen LogP contribution in [0, 0.1) is 6.92 Å². The van der Waals surface area contributed by atoms with Gasteiger partial charge in [-0.2, -0.15) is 0 Å². The molecule has 0 saturated carbocycles. The molecule has 0 aliphatic heterocycles. The number of carbonyl (C=O) groups is 1. The first-order chi connectivity index (χ1) is 10.2. The molecular formula is C15H14N4O2. The number of hydrogen-bond acceptors (Lipinski definition) is 3. The molecule has 21 heavy (non-hydrogen) atoms. The highest BCUT2D eigenvalue weighted by Crippen LogP contribution is 2.14. The molecule has 2 aromatic heterocycles. The summed E-state index contributed by atoms with van der Waals surface area (Å²) in [4.78, 5) is 11.8. The fourth-order valence-electron chi connectivity index (χ4n) is 1.93. The molecule has 0 unspecified atom stereocenters. The number of carbonyl (C=O) groups excluding carboxylic acids is 1. The first-order valence-corrected chi connectivity index (χ1v) is 6.45. The lowest BCUT2D eigenvalue weighted by molar-refractivity contribution is 0.262. The second-order valence-corrected chi connectivity index (χ2v) is 4.54. The molecule has 6 heteroatoms. The van der Waals surface area contributed by atoms with Crippen molar-refractivity contribution in [2.75, 3.05) is 10.6 Å². The van der Waals surface area contributed by atoms with Crippen molar-refractivity contribution in [2.45, 2.75) is 6.92 Å². The van der Waals surface area contributed by atoms with Gasteiger partial charge in [0.05, 0.1) is 0 Å². The van der Waals surface area contributed by atoms with Crippen LogP contribution in [0.1, 0.15) is 5.76 Å². The summed E-state index contributed by atoms with van der Waals surface area (Å²) >= 11 is 0. The van der Waals surface area contributed by atoms with E-state index in [-0.39, 0.29) is 6.03 Å².